The van der Waals surface area contributed by atoms with E-state index in [-0.39, 0.29) is 0 Å². The molecule has 3 heteroatoms. The van der Waals surface area contributed by atoms with E-state index in [1.807, 2.05) is 19.9 Å². The number of hydrogen-bond acceptors (Lipinski definition) is 1. The highest BCUT2D eigenvalue weighted by atomic mass is 79.9. The topological polar surface area (TPSA) is 23.8 Å². The molecular formula is C11H11BrClN. The normalized spacial score (nSPS) is 9.93. The van der Waals surface area contributed by atoms with Crippen LogP contribution in [-0.4, -0.2) is 0 Å². The molecule has 0 spiro atoms. The monoisotopic (exact) mass is 271 g/mol. The minimum absolute atomic E-state index is 0.536. The fraction of sp³-hybridized carbons (Fsp3) is 0.364. The molecule has 0 aliphatic rings. The molecule has 1 nitrogen and oxygen atoms in total. The molecule has 0 unspecified atom stereocenters. The fourth-order valence-electron chi connectivity index (χ4n) is 1.45. The molecule has 1 aromatic rings. The maximum absolute atomic E-state index is 8.55. The van der Waals surface area contributed by atoms with Crippen molar-refractivity contribution in [2.45, 2.75) is 26.7 Å². The summed E-state index contributed by atoms with van der Waals surface area (Å²) in [7, 11) is 0. The Morgan fingerprint density at radius 1 is 1.43 bits per heavy atom. The molecule has 0 fully saturated rings. The van der Waals surface area contributed by atoms with Gasteiger partial charge in [-0.15, -0.1) is 0 Å². The third kappa shape index (κ3) is 2.29. The smallest absolute Gasteiger partial charge is 0.0625 e. The van der Waals surface area contributed by atoms with Gasteiger partial charge in [-0.05, 0) is 43.0 Å². The summed E-state index contributed by atoms with van der Waals surface area (Å²) in [4.78, 5) is 0. The molecular weight excluding hydrogens is 261 g/mol. The van der Waals surface area contributed by atoms with Crippen molar-refractivity contribution in [3.63, 3.8) is 0 Å². The average molecular weight is 273 g/mol. The predicted octanol–water partition coefficient (Wildman–Crippen LogP) is 4.18. The van der Waals surface area contributed by atoms with E-state index in [1.54, 1.807) is 0 Å². The second-order valence-corrected chi connectivity index (χ2v) is 4.49. The van der Waals surface area contributed by atoms with Crippen LogP contribution in [0.4, 0.5) is 0 Å². The SMILES string of the molecule is Cc1c(Cl)cc(Br)c(C)c1CCC#N. The molecule has 0 saturated carbocycles. The Balaban J connectivity index is 3.19. The van der Waals surface area contributed by atoms with Crippen molar-refractivity contribution in [3.05, 3.63) is 32.3 Å². The Bertz CT molecular complexity index is 367. The zero-order chi connectivity index (χ0) is 10.7. The zero-order valence-corrected chi connectivity index (χ0v) is 10.5. The molecule has 0 N–H and O–H groups in total. The van der Waals surface area contributed by atoms with Gasteiger partial charge >= 0.3 is 0 Å². The molecule has 0 atom stereocenters. The molecule has 1 aromatic carbocycles. The summed E-state index contributed by atoms with van der Waals surface area (Å²) in [6.07, 6.45) is 1.31. The Hall–Kier alpha value is -0.520. The number of nitrogens with zero attached hydrogens (tertiary/aromatic N) is 1. The highest BCUT2D eigenvalue weighted by Gasteiger charge is 2.09. The molecule has 0 aromatic heterocycles. The van der Waals surface area contributed by atoms with Gasteiger partial charge < -0.3 is 0 Å². The number of halogens is 2. The van der Waals surface area contributed by atoms with Crippen molar-refractivity contribution in [3.8, 4) is 6.07 Å². The van der Waals surface area contributed by atoms with Gasteiger partial charge in [0.1, 0.15) is 0 Å². The van der Waals surface area contributed by atoms with Crippen molar-refractivity contribution in [2.24, 2.45) is 0 Å². The zero-order valence-electron chi connectivity index (χ0n) is 8.19. The average Bonchev–Trinajstić information content (AvgIpc) is 2.15. The number of rotatable bonds is 2. The summed E-state index contributed by atoms with van der Waals surface area (Å²) < 4.78 is 1.01. The first kappa shape index (κ1) is 11.6. The third-order valence-corrected chi connectivity index (χ3v) is 3.58. The van der Waals surface area contributed by atoms with Gasteiger partial charge in [-0.25, -0.2) is 0 Å². The highest BCUT2D eigenvalue weighted by molar-refractivity contribution is 9.10. The Kier molecular flexibility index (Phi) is 3.97. The largest absolute Gasteiger partial charge is 0.198 e. The molecule has 74 valence electrons. The Morgan fingerprint density at radius 3 is 2.64 bits per heavy atom. The number of hydrogen-bond donors (Lipinski definition) is 0. The van der Waals surface area contributed by atoms with Crippen molar-refractivity contribution < 1.29 is 0 Å². The van der Waals surface area contributed by atoms with Gasteiger partial charge in [-0.1, -0.05) is 27.5 Å². The quantitative estimate of drug-likeness (QED) is 0.792. The summed E-state index contributed by atoms with van der Waals surface area (Å²) in [5.74, 6) is 0. The van der Waals surface area contributed by atoms with E-state index in [4.69, 9.17) is 16.9 Å². The van der Waals surface area contributed by atoms with Gasteiger partial charge in [-0.3, -0.25) is 0 Å². The lowest BCUT2D eigenvalue weighted by Gasteiger charge is -2.11. The van der Waals surface area contributed by atoms with Crippen LogP contribution in [0, 0.1) is 25.2 Å². The molecule has 0 aliphatic heterocycles. The third-order valence-electron chi connectivity index (χ3n) is 2.36. The Labute approximate surface area is 97.8 Å². The fourth-order valence-corrected chi connectivity index (χ4v) is 2.28. The lowest BCUT2D eigenvalue weighted by atomic mass is 9.99. The van der Waals surface area contributed by atoms with Crippen LogP contribution in [0.3, 0.4) is 0 Å². The van der Waals surface area contributed by atoms with Crippen molar-refractivity contribution in [1.29, 1.82) is 5.26 Å². The lowest BCUT2D eigenvalue weighted by molar-refractivity contribution is 0.978. The van der Waals surface area contributed by atoms with Gasteiger partial charge in [0.25, 0.3) is 0 Å². The van der Waals surface area contributed by atoms with Gasteiger partial charge in [0.05, 0.1) is 6.07 Å². The molecule has 0 radical (unpaired) electrons. The minimum atomic E-state index is 0.536. The first-order chi connectivity index (χ1) is 6.57. The second kappa shape index (κ2) is 4.82. The molecule has 14 heavy (non-hydrogen) atoms. The van der Waals surface area contributed by atoms with Crippen molar-refractivity contribution in [1.82, 2.24) is 0 Å². The maximum atomic E-state index is 8.55. The lowest BCUT2D eigenvalue weighted by Crippen LogP contribution is -1.95. The van der Waals surface area contributed by atoms with Gasteiger partial charge in [0, 0.05) is 15.9 Å². The predicted molar refractivity (Wildman–Crippen MR) is 62.6 cm³/mol. The van der Waals surface area contributed by atoms with Crippen LogP contribution >= 0.6 is 27.5 Å². The first-order valence-corrected chi connectivity index (χ1v) is 5.56. The molecule has 0 amide bonds. The van der Waals surface area contributed by atoms with Crippen LogP contribution in [0.25, 0.3) is 0 Å². The summed E-state index contributed by atoms with van der Waals surface area (Å²) in [5.41, 5.74) is 3.45. The molecule has 0 heterocycles. The minimum Gasteiger partial charge on any atom is -0.198 e. The van der Waals surface area contributed by atoms with Crippen LogP contribution in [0.2, 0.25) is 5.02 Å². The maximum Gasteiger partial charge on any atom is 0.0625 e. The molecule has 0 aliphatic carbocycles. The van der Waals surface area contributed by atoms with Gasteiger partial charge in [0.2, 0.25) is 0 Å². The molecule has 0 bridgehead atoms. The summed E-state index contributed by atoms with van der Waals surface area (Å²) in [5, 5.41) is 9.31. The van der Waals surface area contributed by atoms with E-state index in [0.717, 1.165) is 21.5 Å². The van der Waals surface area contributed by atoms with Crippen LogP contribution in [-0.2, 0) is 6.42 Å². The van der Waals surface area contributed by atoms with Crippen LogP contribution in [0.1, 0.15) is 23.1 Å². The van der Waals surface area contributed by atoms with Gasteiger partial charge in [0.15, 0.2) is 0 Å². The van der Waals surface area contributed by atoms with Crippen LogP contribution < -0.4 is 0 Å². The van der Waals surface area contributed by atoms with E-state index >= 15 is 0 Å². The highest BCUT2D eigenvalue weighted by Crippen LogP contribution is 2.30. The van der Waals surface area contributed by atoms with E-state index in [1.165, 1.54) is 11.1 Å². The van der Waals surface area contributed by atoms with E-state index in [9.17, 15) is 0 Å². The van der Waals surface area contributed by atoms with E-state index < -0.39 is 0 Å². The Morgan fingerprint density at radius 2 is 2.07 bits per heavy atom. The van der Waals surface area contributed by atoms with Gasteiger partial charge in [-0.2, -0.15) is 5.26 Å². The molecule has 1 rings (SSSR count). The summed E-state index contributed by atoms with van der Waals surface area (Å²) in [6.45, 7) is 4.04. The first-order valence-electron chi connectivity index (χ1n) is 4.39. The van der Waals surface area contributed by atoms with Crippen molar-refractivity contribution >= 4 is 27.5 Å². The number of benzene rings is 1. The van der Waals surface area contributed by atoms with E-state index in [2.05, 4.69) is 22.0 Å². The standard InChI is InChI=1S/C11H11BrClN/c1-7-9(4-3-5-14)8(2)11(13)6-10(7)12/h6H,3-4H2,1-2H3. The van der Waals surface area contributed by atoms with E-state index in [0.29, 0.717) is 6.42 Å². The van der Waals surface area contributed by atoms with Crippen LogP contribution in [0.5, 0.6) is 0 Å². The van der Waals surface area contributed by atoms with Crippen molar-refractivity contribution in [2.75, 3.05) is 0 Å². The van der Waals surface area contributed by atoms with Crippen LogP contribution in [0.15, 0.2) is 10.5 Å². The molecule has 0 saturated heterocycles. The second-order valence-electron chi connectivity index (χ2n) is 3.23. The number of nitriles is 1. The summed E-state index contributed by atoms with van der Waals surface area (Å²) in [6, 6.07) is 4.06. The summed E-state index contributed by atoms with van der Waals surface area (Å²) >= 11 is 9.51.